The van der Waals surface area contributed by atoms with Crippen LogP contribution in [-0.2, 0) is 7.05 Å². The quantitative estimate of drug-likeness (QED) is 0.816. The molecule has 2 aromatic rings. The Morgan fingerprint density at radius 3 is 2.76 bits per heavy atom. The summed E-state index contributed by atoms with van der Waals surface area (Å²) in [7, 11) is 1.91. The third kappa shape index (κ3) is 1.70. The Bertz CT molecular complexity index is 538. The fourth-order valence-corrected chi connectivity index (χ4v) is 3.02. The molecule has 1 saturated carbocycles. The molecule has 90 valence electrons. The number of hydrogen-bond acceptors (Lipinski definition) is 2. The maximum atomic E-state index is 9.90. The second-order valence-corrected chi connectivity index (χ2v) is 5.02. The summed E-state index contributed by atoms with van der Waals surface area (Å²) >= 11 is 0. The fourth-order valence-electron chi connectivity index (χ4n) is 3.02. The van der Waals surface area contributed by atoms with Gasteiger partial charge in [0.25, 0.3) is 0 Å². The number of aromatic nitrogens is 2. The predicted molar refractivity (Wildman–Crippen MR) is 68.2 cm³/mol. The highest BCUT2D eigenvalue weighted by Gasteiger charge is 2.22. The van der Waals surface area contributed by atoms with Crippen molar-refractivity contribution < 1.29 is 5.11 Å². The van der Waals surface area contributed by atoms with E-state index in [-0.39, 0.29) is 0 Å². The topological polar surface area (TPSA) is 38.0 Å². The van der Waals surface area contributed by atoms with Crippen molar-refractivity contribution in [2.24, 2.45) is 7.05 Å². The summed E-state index contributed by atoms with van der Waals surface area (Å²) in [4.78, 5) is 0. The molecule has 0 bridgehead atoms. The van der Waals surface area contributed by atoms with Crippen molar-refractivity contribution in [3.8, 4) is 5.75 Å². The summed E-state index contributed by atoms with van der Waals surface area (Å²) in [6.45, 7) is 0. The van der Waals surface area contributed by atoms with Crippen LogP contribution >= 0.6 is 0 Å². The van der Waals surface area contributed by atoms with E-state index < -0.39 is 0 Å². The molecule has 1 aliphatic rings. The molecule has 1 aliphatic carbocycles. The Hall–Kier alpha value is -1.51. The van der Waals surface area contributed by atoms with Crippen molar-refractivity contribution in [3.63, 3.8) is 0 Å². The maximum Gasteiger partial charge on any atom is 0.141 e. The van der Waals surface area contributed by atoms with Gasteiger partial charge in [0.15, 0.2) is 0 Å². The molecule has 3 heteroatoms. The van der Waals surface area contributed by atoms with Crippen LogP contribution in [0.4, 0.5) is 0 Å². The van der Waals surface area contributed by atoms with E-state index in [0.717, 1.165) is 10.9 Å². The molecule has 1 fully saturated rings. The maximum absolute atomic E-state index is 9.90. The van der Waals surface area contributed by atoms with E-state index in [9.17, 15) is 5.11 Å². The summed E-state index contributed by atoms with van der Waals surface area (Å²) in [5, 5.41) is 15.7. The first kappa shape index (κ1) is 10.6. The zero-order chi connectivity index (χ0) is 11.8. The SMILES string of the molecule is Cn1nc(C2CCCCC2)c2cccc(O)c21. The van der Waals surface area contributed by atoms with Crippen LogP contribution in [0.3, 0.4) is 0 Å². The molecule has 0 unspecified atom stereocenters. The molecule has 1 N–H and O–H groups in total. The summed E-state index contributed by atoms with van der Waals surface area (Å²) in [6.07, 6.45) is 6.44. The molecule has 1 aromatic heterocycles. The van der Waals surface area contributed by atoms with Crippen LogP contribution in [0.15, 0.2) is 18.2 Å². The van der Waals surface area contributed by atoms with Crippen LogP contribution in [0.2, 0.25) is 0 Å². The zero-order valence-corrected chi connectivity index (χ0v) is 10.2. The van der Waals surface area contributed by atoms with Crippen LogP contribution in [0.1, 0.15) is 43.7 Å². The minimum Gasteiger partial charge on any atom is -0.506 e. The Kier molecular flexibility index (Phi) is 2.54. The van der Waals surface area contributed by atoms with E-state index in [1.165, 1.54) is 37.8 Å². The van der Waals surface area contributed by atoms with Crippen molar-refractivity contribution in [2.75, 3.05) is 0 Å². The summed E-state index contributed by atoms with van der Waals surface area (Å²) in [6, 6.07) is 5.71. The Balaban J connectivity index is 2.13. The van der Waals surface area contributed by atoms with Crippen LogP contribution in [-0.4, -0.2) is 14.9 Å². The highest BCUT2D eigenvalue weighted by molar-refractivity contribution is 5.87. The highest BCUT2D eigenvalue weighted by Crippen LogP contribution is 2.37. The van der Waals surface area contributed by atoms with Gasteiger partial charge in [-0.2, -0.15) is 5.10 Å². The summed E-state index contributed by atoms with van der Waals surface area (Å²) in [5.41, 5.74) is 2.05. The molecule has 1 aromatic carbocycles. The second-order valence-electron chi connectivity index (χ2n) is 5.02. The van der Waals surface area contributed by atoms with Gasteiger partial charge >= 0.3 is 0 Å². The lowest BCUT2D eigenvalue weighted by Crippen LogP contribution is -2.06. The minimum atomic E-state index is 0.333. The largest absolute Gasteiger partial charge is 0.506 e. The molecule has 17 heavy (non-hydrogen) atoms. The molecule has 0 amide bonds. The number of benzene rings is 1. The number of nitrogens with zero attached hydrogens (tertiary/aromatic N) is 2. The fraction of sp³-hybridized carbons (Fsp3) is 0.500. The number of rotatable bonds is 1. The van der Waals surface area contributed by atoms with Crippen molar-refractivity contribution in [2.45, 2.75) is 38.0 Å². The number of aromatic hydroxyl groups is 1. The monoisotopic (exact) mass is 230 g/mol. The van der Waals surface area contributed by atoms with Gasteiger partial charge in [0, 0.05) is 18.4 Å². The van der Waals surface area contributed by atoms with Crippen molar-refractivity contribution >= 4 is 10.9 Å². The van der Waals surface area contributed by atoms with E-state index in [2.05, 4.69) is 11.2 Å². The third-order valence-electron chi connectivity index (χ3n) is 3.86. The first-order valence-corrected chi connectivity index (χ1v) is 6.42. The number of fused-ring (bicyclic) bond motifs is 1. The molecule has 3 rings (SSSR count). The third-order valence-corrected chi connectivity index (χ3v) is 3.86. The smallest absolute Gasteiger partial charge is 0.141 e. The van der Waals surface area contributed by atoms with Crippen molar-refractivity contribution in [1.82, 2.24) is 9.78 Å². The van der Waals surface area contributed by atoms with Gasteiger partial charge in [-0.05, 0) is 18.9 Å². The van der Waals surface area contributed by atoms with Gasteiger partial charge < -0.3 is 5.11 Å². The molecule has 0 atom stereocenters. The molecule has 0 aliphatic heterocycles. The normalized spacial score (nSPS) is 17.7. The zero-order valence-electron chi connectivity index (χ0n) is 10.2. The average molecular weight is 230 g/mol. The number of aryl methyl sites for hydroxylation is 1. The molecule has 0 radical (unpaired) electrons. The van der Waals surface area contributed by atoms with E-state index in [0.29, 0.717) is 11.7 Å². The van der Waals surface area contributed by atoms with Gasteiger partial charge in [-0.3, -0.25) is 4.68 Å². The van der Waals surface area contributed by atoms with E-state index in [1.807, 2.05) is 17.8 Å². The Morgan fingerprint density at radius 1 is 1.24 bits per heavy atom. The van der Waals surface area contributed by atoms with Crippen LogP contribution in [0.25, 0.3) is 10.9 Å². The van der Waals surface area contributed by atoms with Crippen LogP contribution in [0, 0.1) is 0 Å². The Labute approximate surface area is 101 Å². The molecule has 3 nitrogen and oxygen atoms in total. The van der Waals surface area contributed by atoms with Gasteiger partial charge in [0.05, 0.1) is 5.69 Å². The van der Waals surface area contributed by atoms with E-state index >= 15 is 0 Å². The highest BCUT2D eigenvalue weighted by atomic mass is 16.3. The van der Waals surface area contributed by atoms with Gasteiger partial charge in [-0.15, -0.1) is 0 Å². The summed E-state index contributed by atoms with van der Waals surface area (Å²) < 4.78 is 1.81. The van der Waals surface area contributed by atoms with Gasteiger partial charge in [0.1, 0.15) is 11.3 Å². The Morgan fingerprint density at radius 2 is 2.00 bits per heavy atom. The second kappa shape index (κ2) is 4.06. The van der Waals surface area contributed by atoms with Crippen molar-refractivity contribution in [1.29, 1.82) is 0 Å². The molecular formula is C14H18N2O. The van der Waals surface area contributed by atoms with Gasteiger partial charge in [0.2, 0.25) is 0 Å². The lowest BCUT2D eigenvalue weighted by atomic mass is 9.86. The van der Waals surface area contributed by atoms with Crippen LogP contribution < -0.4 is 0 Å². The van der Waals surface area contributed by atoms with Crippen molar-refractivity contribution in [3.05, 3.63) is 23.9 Å². The first-order valence-electron chi connectivity index (χ1n) is 6.42. The van der Waals surface area contributed by atoms with Gasteiger partial charge in [-0.25, -0.2) is 0 Å². The molecular weight excluding hydrogens is 212 g/mol. The number of phenolic OH excluding ortho intramolecular Hbond substituents is 1. The predicted octanol–water partition coefficient (Wildman–Crippen LogP) is 3.33. The average Bonchev–Trinajstić information content (AvgIpc) is 2.69. The number of hydrogen-bond donors (Lipinski definition) is 1. The first-order chi connectivity index (χ1) is 8.27. The lowest BCUT2D eigenvalue weighted by Gasteiger charge is -2.19. The molecule has 1 heterocycles. The van der Waals surface area contributed by atoms with E-state index in [1.54, 1.807) is 6.07 Å². The number of phenols is 1. The van der Waals surface area contributed by atoms with E-state index in [4.69, 9.17) is 0 Å². The molecule has 0 spiro atoms. The lowest BCUT2D eigenvalue weighted by molar-refractivity contribution is 0.435. The van der Waals surface area contributed by atoms with Crippen LogP contribution in [0.5, 0.6) is 5.75 Å². The minimum absolute atomic E-state index is 0.333. The standard InChI is InChI=1S/C14H18N2O/c1-16-14-11(8-5-9-12(14)17)13(15-16)10-6-3-2-4-7-10/h5,8-10,17H,2-4,6-7H2,1H3. The molecule has 0 saturated heterocycles. The van der Waals surface area contributed by atoms with Gasteiger partial charge in [-0.1, -0.05) is 31.4 Å². The summed E-state index contributed by atoms with van der Waals surface area (Å²) in [5.74, 6) is 0.911. The number of para-hydroxylation sites is 1.